The van der Waals surface area contributed by atoms with E-state index in [1.807, 2.05) is 26.8 Å². The molecule has 0 saturated heterocycles. The Kier molecular flexibility index (Phi) is 3.55. The minimum absolute atomic E-state index is 0.365. The molecule has 1 aromatic carbocycles. The van der Waals surface area contributed by atoms with Gasteiger partial charge in [-0.05, 0) is 26.3 Å². The largest absolute Gasteiger partial charge is 0.494 e. The van der Waals surface area contributed by atoms with Crippen molar-refractivity contribution in [3.63, 3.8) is 0 Å². The molecule has 0 aliphatic rings. The van der Waals surface area contributed by atoms with E-state index in [4.69, 9.17) is 13.9 Å². The first kappa shape index (κ1) is 12.5. The second-order valence-electron chi connectivity index (χ2n) is 3.91. The zero-order chi connectivity index (χ0) is 13.1. The van der Waals surface area contributed by atoms with Crippen molar-refractivity contribution in [1.29, 1.82) is 0 Å². The molecule has 96 valence electrons. The molecule has 0 saturated carbocycles. The normalized spacial score (nSPS) is 10.6. The third-order valence-corrected chi connectivity index (χ3v) is 2.59. The van der Waals surface area contributed by atoms with Crippen molar-refractivity contribution in [1.82, 2.24) is 0 Å². The number of ether oxygens (including phenoxy) is 2. The number of aryl methyl sites for hydroxylation is 1. The van der Waals surface area contributed by atoms with Gasteiger partial charge in [-0.2, -0.15) is 0 Å². The number of hydrogen-bond donors (Lipinski definition) is 0. The van der Waals surface area contributed by atoms with Gasteiger partial charge in [0.05, 0.1) is 18.6 Å². The van der Waals surface area contributed by atoms with Crippen LogP contribution in [0.3, 0.4) is 0 Å². The molecule has 0 unspecified atom stereocenters. The van der Waals surface area contributed by atoms with Crippen LogP contribution in [0.5, 0.6) is 11.5 Å². The van der Waals surface area contributed by atoms with Gasteiger partial charge >= 0.3 is 5.63 Å². The van der Waals surface area contributed by atoms with Crippen LogP contribution in [0.2, 0.25) is 0 Å². The van der Waals surface area contributed by atoms with E-state index in [1.54, 1.807) is 6.07 Å². The average Bonchev–Trinajstić information content (AvgIpc) is 2.28. The fourth-order valence-electron chi connectivity index (χ4n) is 1.94. The topological polar surface area (TPSA) is 48.7 Å². The van der Waals surface area contributed by atoms with Crippen molar-refractivity contribution in [2.75, 3.05) is 13.2 Å². The Morgan fingerprint density at radius 2 is 1.83 bits per heavy atom. The summed E-state index contributed by atoms with van der Waals surface area (Å²) < 4.78 is 16.2. The van der Waals surface area contributed by atoms with Gasteiger partial charge in [0.25, 0.3) is 0 Å². The monoisotopic (exact) mass is 248 g/mol. The van der Waals surface area contributed by atoms with Crippen LogP contribution in [0, 0.1) is 6.92 Å². The molecule has 0 aliphatic heterocycles. The van der Waals surface area contributed by atoms with E-state index in [1.165, 1.54) is 6.07 Å². The highest BCUT2D eigenvalue weighted by Gasteiger charge is 2.11. The van der Waals surface area contributed by atoms with E-state index >= 15 is 0 Å². The molecule has 0 spiro atoms. The minimum atomic E-state index is -0.365. The molecule has 2 rings (SSSR count). The van der Waals surface area contributed by atoms with E-state index in [0.717, 1.165) is 10.9 Å². The van der Waals surface area contributed by atoms with Gasteiger partial charge in [0.2, 0.25) is 0 Å². The smallest absolute Gasteiger partial charge is 0.336 e. The van der Waals surface area contributed by atoms with Crippen LogP contribution in [0.25, 0.3) is 11.0 Å². The van der Waals surface area contributed by atoms with E-state index in [9.17, 15) is 4.79 Å². The van der Waals surface area contributed by atoms with E-state index < -0.39 is 0 Å². The third kappa shape index (κ3) is 2.32. The standard InChI is InChI=1S/C14H16O4/c1-4-16-10-7-11(17-5-2)14-9(3)6-13(15)18-12(14)8-10/h6-8H,4-5H2,1-3H3. The van der Waals surface area contributed by atoms with Gasteiger partial charge in [-0.3, -0.25) is 0 Å². The quantitative estimate of drug-likeness (QED) is 0.780. The Hall–Kier alpha value is -1.97. The van der Waals surface area contributed by atoms with Crippen molar-refractivity contribution in [2.24, 2.45) is 0 Å². The molecule has 2 aromatic rings. The summed E-state index contributed by atoms with van der Waals surface area (Å²) in [5.74, 6) is 1.32. The zero-order valence-electron chi connectivity index (χ0n) is 10.8. The molecule has 4 nitrogen and oxygen atoms in total. The Labute approximate surface area is 105 Å². The lowest BCUT2D eigenvalue weighted by Crippen LogP contribution is -2.01. The molecule has 4 heteroatoms. The molecule has 1 aromatic heterocycles. The number of rotatable bonds is 4. The van der Waals surface area contributed by atoms with Gasteiger partial charge in [-0.25, -0.2) is 4.79 Å². The Balaban J connectivity index is 2.72. The summed E-state index contributed by atoms with van der Waals surface area (Å²) in [5, 5.41) is 0.819. The molecular weight excluding hydrogens is 232 g/mol. The Bertz CT molecular complexity index is 613. The predicted octanol–water partition coefficient (Wildman–Crippen LogP) is 2.90. The highest BCUT2D eigenvalue weighted by molar-refractivity contribution is 5.88. The maximum absolute atomic E-state index is 11.4. The van der Waals surface area contributed by atoms with Crippen molar-refractivity contribution in [3.05, 3.63) is 34.2 Å². The van der Waals surface area contributed by atoms with Gasteiger partial charge in [0.1, 0.15) is 17.1 Å². The lowest BCUT2D eigenvalue weighted by atomic mass is 10.1. The lowest BCUT2D eigenvalue weighted by Gasteiger charge is -2.11. The van der Waals surface area contributed by atoms with E-state index in [0.29, 0.717) is 30.3 Å². The van der Waals surface area contributed by atoms with Crippen LogP contribution in [-0.2, 0) is 0 Å². The van der Waals surface area contributed by atoms with Crippen molar-refractivity contribution < 1.29 is 13.9 Å². The number of fused-ring (bicyclic) bond motifs is 1. The van der Waals surface area contributed by atoms with Crippen molar-refractivity contribution in [2.45, 2.75) is 20.8 Å². The SMILES string of the molecule is CCOc1cc(OCC)c2c(C)cc(=O)oc2c1. The highest BCUT2D eigenvalue weighted by Crippen LogP contribution is 2.32. The maximum Gasteiger partial charge on any atom is 0.336 e. The van der Waals surface area contributed by atoms with Gasteiger partial charge in [-0.15, -0.1) is 0 Å². The first-order chi connectivity index (χ1) is 8.65. The molecule has 0 bridgehead atoms. The van der Waals surface area contributed by atoms with Gasteiger partial charge in [0.15, 0.2) is 0 Å². The fraction of sp³-hybridized carbons (Fsp3) is 0.357. The molecule has 0 aliphatic carbocycles. The molecule has 0 N–H and O–H groups in total. The predicted molar refractivity (Wildman–Crippen MR) is 69.6 cm³/mol. The molecule has 18 heavy (non-hydrogen) atoms. The summed E-state index contributed by atoms with van der Waals surface area (Å²) in [7, 11) is 0. The first-order valence-corrected chi connectivity index (χ1v) is 5.99. The first-order valence-electron chi connectivity index (χ1n) is 5.99. The summed E-state index contributed by atoms with van der Waals surface area (Å²) in [6, 6.07) is 5.00. The average molecular weight is 248 g/mol. The van der Waals surface area contributed by atoms with Crippen LogP contribution in [0.15, 0.2) is 27.4 Å². The summed E-state index contributed by atoms with van der Waals surface area (Å²) >= 11 is 0. The second-order valence-corrected chi connectivity index (χ2v) is 3.91. The molecule has 0 fully saturated rings. The van der Waals surface area contributed by atoms with Crippen LogP contribution in [-0.4, -0.2) is 13.2 Å². The maximum atomic E-state index is 11.4. The number of hydrogen-bond acceptors (Lipinski definition) is 4. The van der Waals surface area contributed by atoms with Gasteiger partial charge < -0.3 is 13.9 Å². The van der Waals surface area contributed by atoms with Crippen LogP contribution >= 0.6 is 0 Å². The second kappa shape index (κ2) is 5.12. The zero-order valence-corrected chi connectivity index (χ0v) is 10.8. The fourth-order valence-corrected chi connectivity index (χ4v) is 1.94. The van der Waals surface area contributed by atoms with E-state index in [2.05, 4.69) is 0 Å². The minimum Gasteiger partial charge on any atom is -0.494 e. The Morgan fingerprint density at radius 1 is 1.11 bits per heavy atom. The van der Waals surface area contributed by atoms with Crippen molar-refractivity contribution >= 4 is 11.0 Å². The summed E-state index contributed by atoms with van der Waals surface area (Å²) in [6.07, 6.45) is 0. The Morgan fingerprint density at radius 3 is 2.50 bits per heavy atom. The highest BCUT2D eigenvalue weighted by atomic mass is 16.5. The number of benzene rings is 1. The third-order valence-electron chi connectivity index (χ3n) is 2.59. The van der Waals surface area contributed by atoms with E-state index in [-0.39, 0.29) is 5.63 Å². The van der Waals surface area contributed by atoms with Crippen LogP contribution in [0.1, 0.15) is 19.4 Å². The molecule has 0 atom stereocenters. The lowest BCUT2D eigenvalue weighted by molar-refractivity contribution is 0.325. The summed E-state index contributed by atoms with van der Waals surface area (Å²) in [4.78, 5) is 11.4. The van der Waals surface area contributed by atoms with Crippen LogP contribution < -0.4 is 15.1 Å². The summed E-state index contributed by atoms with van der Waals surface area (Å²) in [5.41, 5.74) is 0.971. The van der Waals surface area contributed by atoms with Crippen LogP contribution in [0.4, 0.5) is 0 Å². The van der Waals surface area contributed by atoms with Gasteiger partial charge in [0, 0.05) is 18.2 Å². The molecular formula is C14H16O4. The van der Waals surface area contributed by atoms with Gasteiger partial charge in [-0.1, -0.05) is 0 Å². The van der Waals surface area contributed by atoms with Crippen molar-refractivity contribution in [3.8, 4) is 11.5 Å². The molecule has 0 radical (unpaired) electrons. The molecule has 0 amide bonds. The molecule has 1 heterocycles. The summed E-state index contributed by atoms with van der Waals surface area (Å²) in [6.45, 7) is 6.77.